The highest BCUT2D eigenvalue weighted by atomic mass is 79.9. The van der Waals surface area contributed by atoms with E-state index in [-0.39, 0.29) is 11.6 Å². The molecule has 8 heteroatoms. The van der Waals surface area contributed by atoms with Crippen LogP contribution in [-0.2, 0) is 11.8 Å². The van der Waals surface area contributed by atoms with Gasteiger partial charge in [0.15, 0.2) is 11.6 Å². The molecular formula is C15H18BrN5O2. The number of pyridine rings is 1. The molecule has 0 spiro atoms. The average Bonchev–Trinajstić information content (AvgIpc) is 2.53. The number of nitrogens with zero attached hydrogens (tertiary/aromatic N) is 4. The van der Waals surface area contributed by atoms with Gasteiger partial charge in [-0.3, -0.25) is 4.79 Å². The van der Waals surface area contributed by atoms with Gasteiger partial charge in [-0.05, 0) is 41.1 Å². The zero-order chi connectivity index (χ0) is 16.4. The monoisotopic (exact) mass is 379 g/mol. The second kappa shape index (κ2) is 6.67. The summed E-state index contributed by atoms with van der Waals surface area (Å²) in [7, 11) is 1.70. The lowest BCUT2D eigenvalue weighted by Crippen LogP contribution is -2.44. The van der Waals surface area contributed by atoms with Crippen molar-refractivity contribution in [2.45, 2.75) is 13.0 Å². The number of aryl methyl sites for hydroxylation is 1. The van der Waals surface area contributed by atoms with Crippen LogP contribution in [0.5, 0.6) is 0 Å². The largest absolute Gasteiger partial charge is 0.377 e. The summed E-state index contributed by atoms with van der Waals surface area (Å²) in [6, 6.07) is 5.72. The molecule has 23 heavy (non-hydrogen) atoms. The molecular weight excluding hydrogens is 362 g/mol. The van der Waals surface area contributed by atoms with Crippen LogP contribution in [0.1, 0.15) is 6.92 Å². The Hall–Kier alpha value is -1.93. The summed E-state index contributed by atoms with van der Waals surface area (Å²) in [4.78, 5) is 14.3. The van der Waals surface area contributed by atoms with E-state index in [4.69, 9.17) is 4.74 Å². The number of ether oxygens (including phenoxy) is 1. The molecule has 7 nitrogen and oxygen atoms in total. The highest BCUT2D eigenvalue weighted by molar-refractivity contribution is 9.10. The van der Waals surface area contributed by atoms with Gasteiger partial charge in [-0.1, -0.05) is 0 Å². The van der Waals surface area contributed by atoms with Crippen molar-refractivity contribution in [3.05, 3.63) is 39.2 Å². The van der Waals surface area contributed by atoms with Gasteiger partial charge >= 0.3 is 0 Å². The molecule has 122 valence electrons. The highest BCUT2D eigenvalue weighted by Gasteiger charge is 2.20. The molecule has 2 aromatic rings. The standard InChI is InChI=1S/C15H18BrN5O2/c1-10-9-23-6-5-21(10)14-4-3-13(18-19-14)17-12-7-11(16)8-20(2)15(12)22/h3-4,7-8,10H,5-6,9H2,1-2H3,(H,17,18)/t10-/m0/s1. The third-order valence-electron chi connectivity index (χ3n) is 3.73. The molecule has 0 radical (unpaired) electrons. The average molecular weight is 380 g/mol. The van der Waals surface area contributed by atoms with Crippen LogP contribution < -0.4 is 15.8 Å². The van der Waals surface area contributed by atoms with Gasteiger partial charge in [-0.25, -0.2) is 0 Å². The third kappa shape index (κ3) is 3.53. The molecule has 3 heterocycles. The Labute approximate surface area is 142 Å². The van der Waals surface area contributed by atoms with Crippen LogP contribution in [0.3, 0.4) is 0 Å². The van der Waals surface area contributed by atoms with Crippen molar-refractivity contribution >= 4 is 33.3 Å². The van der Waals surface area contributed by atoms with Gasteiger partial charge in [0, 0.05) is 24.3 Å². The summed E-state index contributed by atoms with van der Waals surface area (Å²) >= 11 is 3.38. The van der Waals surface area contributed by atoms with E-state index in [1.165, 1.54) is 4.57 Å². The quantitative estimate of drug-likeness (QED) is 0.877. The van der Waals surface area contributed by atoms with Gasteiger partial charge in [-0.2, -0.15) is 0 Å². The Morgan fingerprint density at radius 1 is 1.39 bits per heavy atom. The normalized spacial score (nSPS) is 18.0. The predicted molar refractivity (Wildman–Crippen MR) is 92.3 cm³/mol. The van der Waals surface area contributed by atoms with Crippen molar-refractivity contribution in [3.8, 4) is 0 Å². The molecule has 0 amide bonds. The summed E-state index contributed by atoms with van der Waals surface area (Å²) < 4.78 is 7.75. The van der Waals surface area contributed by atoms with Crippen molar-refractivity contribution < 1.29 is 4.74 Å². The lowest BCUT2D eigenvalue weighted by molar-refractivity contribution is 0.0984. The molecule has 1 aliphatic heterocycles. The summed E-state index contributed by atoms with van der Waals surface area (Å²) in [5.41, 5.74) is 0.324. The maximum absolute atomic E-state index is 12.1. The number of hydrogen-bond donors (Lipinski definition) is 1. The second-order valence-electron chi connectivity index (χ2n) is 5.51. The first-order valence-corrected chi connectivity index (χ1v) is 8.15. The Kier molecular flexibility index (Phi) is 4.63. The SMILES string of the molecule is C[C@H]1COCCN1c1ccc(Nc2cc(Br)cn(C)c2=O)nn1. The van der Waals surface area contributed by atoms with Gasteiger partial charge in [0.2, 0.25) is 0 Å². The molecule has 1 saturated heterocycles. The summed E-state index contributed by atoms with van der Waals surface area (Å²) in [5.74, 6) is 1.35. The fourth-order valence-electron chi connectivity index (χ4n) is 2.51. The first-order valence-electron chi connectivity index (χ1n) is 7.36. The first-order chi connectivity index (χ1) is 11.0. The number of halogens is 1. The maximum atomic E-state index is 12.1. The van der Waals surface area contributed by atoms with Gasteiger partial charge < -0.3 is 19.5 Å². The lowest BCUT2D eigenvalue weighted by Gasteiger charge is -2.33. The summed E-state index contributed by atoms with van der Waals surface area (Å²) in [5, 5.41) is 11.5. The number of nitrogens with one attached hydrogen (secondary N) is 1. The molecule has 1 N–H and O–H groups in total. The number of aromatic nitrogens is 3. The fourth-order valence-corrected chi connectivity index (χ4v) is 3.05. The molecule has 1 atom stereocenters. The van der Waals surface area contributed by atoms with Crippen molar-refractivity contribution in [1.29, 1.82) is 0 Å². The van der Waals surface area contributed by atoms with Crippen molar-refractivity contribution in [1.82, 2.24) is 14.8 Å². The zero-order valence-electron chi connectivity index (χ0n) is 13.0. The fraction of sp³-hybridized carbons (Fsp3) is 0.400. The van der Waals surface area contributed by atoms with Crippen molar-refractivity contribution in [3.63, 3.8) is 0 Å². The van der Waals surface area contributed by atoms with Crippen molar-refractivity contribution in [2.75, 3.05) is 30.0 Å². The molecule has 3 rings (SSSR count). The number of morpholine rings is 1. The van der Waals surface area contributed by atoms with E-state index in [1.54, 1.807) is 19.3 Å². The van der Waals surface area contributed by atoms with Crippen molar-refractivity contribution in [2.24, 2.45) is 7.05 Å². The minimum atomic E-state index is -0.124. The second-order valence-corrected chi connectivity index (χ2v) is 6.42. The van der Waals surface area contributed by atoms with Gasteiger partial charge in [0.1, 0.15) is 5.69 Å². The predicted octanol–water partition coefficient (Wildman–Crippen LogP) is 1.91. The zero-order valence-corrected chi connectivity index (χ0v) is 14.6. The minimum absolute atomic E-state index is 0.124. The molecule has 0 unspecified atom stereocenters. The lowest BCUT2D eigenvalue weighted by atomic mass is 10.2. The van der Waals surface area contributed by atoms with Gasteiger partial charge in [0.05, 0.1) is 19.3 Å². The molecule has 0 aliphatic carbocycles. The van der Waals surface area contributed by atoms with E-state index in [0.29, 0.717) is 24.7 Å². The summed E-state index contributed by atoms with van der Waals surface area (Å²) in [6.07, 6.45) is 1.71. The molecule has 0 aromatic carbocycles. The highest BCUT2D eigenvalue weighted by Crippen LogP contribution is 2.19. The van der Waals surface area contributed by atoms with Crippen LogP contribution in [0.4, 0.5) is 17.3 Å². The van der Waals surface area contributed by atoms with E-state index < -0.39 is 0 Å². The maximum Gasteiger partial charge on any atom is 0.274 e. The van der Waals surface area contributed by atoms with E-state index in [1.807, 2.05) is 12.1 Å². The van der Waals surface area contributed by atoms with E-state index in [0.717, 1.165) is 16.8 Å². The molecule has 2 aromatic heterocycles. The van der Waals surface area contributed by atoms with Crippen LogP contribution in [-0.4, -0.2) is 40.6 Å². The van der Waals surface area contributed by atoms with Gasteiger partial charge in [-0.15, -0.1) is 10.2 Å². The van der Waals surface area contributed by atoms with E-state index >= 15 is 0 Å². The van der Waals surface area contributed by atoms with Gasteiger partial charge in [0.25, 0.3) is 5.56 Å². The van der Waals surface area contributed by atoms with E-state index in [9.17, 15) is 4.79 Å². The number of hydrogen-bond acceptors (Lipinski definition) is 6. The Balaban J connectivity index is 1.79. The molecule has 0 bridgehead atoms. The van der Waals surface area contributed by atoms with Crippen LogP contribution in [0.2, 0.25) is 0 Å². The number of rotatable bonds is 3. The Bertz CT molecular complexity index is 747. The first kappa shape index (κ1) is 15.9. The topological polar surface area (TPSA) is 72.3 Å². The Morgan fingerprint density at radius 3 is 2.91 bits per heavy atom. The Morgan fingerprint density at radius 2 is 2.22 bits per heavy atom. The van der Waals surface area contributed by atoms with Crippen LogP contribution in [0.25, 0.3) is 0 Å². The summed E-state index contributed by atoms with van der Waals surface area (Å²) in [6.45, 7) is 4.28. The minimum Gasteiger partial charge on any atom is -0.377 e. The van der Waals surface area contributed by atoms with E-state index in [2.05, 4.69) is 43.3 Å². The molecule has 0 saturated carbocycles. The van der Waals surface area contributed by atoms with Crippen LogP contribution in [0.15, 0.2) is 33.7 Å². The molecule has 1 aliphatic rings. The van der Waals surface area contributed by atoms with Crippen LogP contribution >= 0.6 is 15.9 Å². The number of anilines is 3. The molecule has 1 fully saturated rings. The smallest absolute Gasteiger partial charge is 0.274 e. The van der Waals surface area contributed by atoms with Crippen LogP contribution in [0, 0.1) is 0 Å². The third-order valence-corrected chi connectivity index (χ3v) is 4.16.